The highest BCUT2D eigenvalue weighted by Crippen LogP contribution is 2.21. The Balaban J connectivity index is 1.82. The fourth-order valence-corrected chi connectivity index (χ4v) is 2.56. The van der Waals surface area contributed by atoms with Crippen molar-refractivity contribution in [2.45, 2.75) is 6.43 Å². The predicted octanol–water partition coefficient (Wildman–Crippen LogP) is 2.56. The van der Waals surface area contributed by atoms with E-state index < -0.39 is 12.2 Å². The number of nitrogens with zero attached hydrogens (tertiary/aromatic N) is 6. The fourth-order valence-electron chi connectivity index (χ4n) is 2.56. The number of halogens is 3. The monoisotopic (exact) mass is 364 g/mol. The molecule has 0 aliphatic rings. The molecule has 0 atom stereocenters. The molecule has 3 rings (SSSR count). The minimum atomic E-state index is -2.36. The molecule has 0 aliphatic carbocycles. The summed E-state index contributed by atoms with van der Waals surface area (Å²) in [5.74, 6) is 0.513. The number of hydrogen-bond acceptors (Lipinski definition) is 5. The maximum absolute atomic E-state index is 14.1. The number of hydrogen-bond donors (Lipinski definition) is 0. The molecule has 138 valence electrons. The van der Waals surface area contributed by atoms with Gasteiger partial charge in [0.1, 0.15) is 11.6 Å². The molecule has 0 bridgehead atoms. The summed E-state index contributed by atoms with van der Waals surface area (Å²) in [4.78, 5) is 3.40. The van der Waals surface area contributed by atoms with E-state index in [0.29, 0.717) is 35.9 Å². The minimum absolute atomic E-state index is 0.275. The molecule has 0 amide bonds. The highest BCUT2D eigenvalue weighted by molar-refractivity contribution is 5.60. The van der Waals surface area contributed by atoms with E-state index in [-0.39, 0.29) is 6.54 Å². The number of fused-ring (bicyclic) bond motifs is 1. The van der Waals surface area contributed by atoms with Gasteiger partial charge < -0.3 is 4.90 Å². The van der Waals surface area contributed by atoms with E-state index in [1.54, 1.807) is 42.3 Å². The second kappa shape index (κ2) is 7.69. The molecule has 0 saturated heterocycles. The molecule has 9 heteroatoms. The molecular formula is C17H19F3N6. The summed E-state index contributed by atoms with van der Waals surface area (Å²) in [6, 6.07) is 9.79. The van der Waals surface area contributed by atoms with Crippen LogP contribution >= 0.6 is 0 Å². The zero-order chi connectivity index (χ0) is 18.7. The first kappa shape index (κ1) is 18.1. The molecule has 1 aromatic carbocycles. The van der Waals surface area contributed by atoms with Crippen LogP contribution < -0.4 is 4.90 Å². The van der Waals surface area contributed by atoms with E-state index in [9.17, 15) is 13.2 Å². The van der Waals surface area contributed by atoms with Crippen LogP contribution in [-0.2, 0) is 0 Å². The Hall–Kier alpha value is -2.68. The van der Waals surface area contributed by atoms with Crippen molar-refractivity contribution in [1.82, 2.24) is 24.7 Å². The predicted molar refractivity (Wildman–Crippen MR) is 92.9 cm³/mol. The molecule has 0 unspecified atom stereocenters. The number of anilines is 1. The average Bonchev–Trinajstić information content (AvgIpc) is 3.02. The van der Waals surface area contributed by atoms with Gasteiger partial charge in [0.05, 0.1) is 12.1 Å². The van der Waals surface area contributed by atoms with Crippen molar-refractivity contribution in [3.8, 4) is 11.4 Å². The zero-order valence-corrected chi connectivity index (χ0v) is 14.5. The van der Waals surface area contributed by atoms with Gasteiger partial charge in [0.25, 0.3) is 6.43 Å². The molecule has 2 heterocycles. The SMILES string of the molecule is CN(CCN(C)c1ccc2nnc(-c3ccccc3F)n2n1)CC(F)F. The fraction of sp³-hybridized carbons (Fsp3) is 0.353. The van der Waals surface area contributed by atoms with Gasteiger partial charge in [-0.25, -0.2) is 13.2 Å². The third-order valence-corrected chi connectivity index (χ3v) is 4.02. The second-order valence-corrected chi connectivity index (χ2v) is 6.04. The summed E-state index contributed by atoms with van der Waals surface area (Å²) < 4.78 is 40.3. The van der Waals surface area contributed by atoms with E-state index in [4.69, 9.17) is 0 Å². The van der Waals surface area contributed by atoms with Crippen molar-refractivity contribution < 1.29 is 13.2 Å². The lowest BCUT2D eigenvalue weighted by atomic mass is 10.2. The lowest BCUT2D eigenvalue weighted by molar-refractivity contribution is 0.102. The van der Waals surface area contributed by atoms with E-state index >= 15 is 0 Å². The van der Waals surface area contributed by atoms with Crippen LogP contribution in [0.3, 0.4) is 0 Å². The van der Waals surface area contributed by atoms with Crippen LogP contribution in [0.25, 0.3) is 17.0 Å². The van der Waals surface area contributed by atoms with E-state index in [2.05, 4.69) is 15.3 Å². The third kappa shape index (κ3) is 3.93. The van der Waals surface area contributed by atoms with Gasteiger partial charge in [0.2, 0.25) is 0 Å². The van der Waals surface area contributed by atoms with Gasteiger partial charge in [-0.15, -0.1) is 15.3 Å². The minimum Gasteiger partial charge on any atom is -0.357 e. The number of aromatic nitrogens is 4. The lowest BCUT2D eigenvalue weighted by Gasteiger charge is -2.22. The molecular weight excluding hydrogens is 345 g/mol. The highest BCUT2D eigenvalue weighted by Gasteiger charge is 2.15. The van der Waals surface area contributed by atoms with Gasteiger partial charge in [0.15, 0.2) is 11.5 Å². The number of rotatable bonds is 7. The van der Waals surface area contributed by atoms with Crippen molar-refractivity contribution in [3.63, 3.8) is 0 Å². The summed E-state index contributed by atoms with van der Waals surface area (Å²) in [5, 5.41) is 12.5. The van der Waals surface area contributed by atoms with Gasteiger partial charge in [0, 0.05) is 20.1 Å². The Kier molecular flexibility index (Phi) is 5.36. The van der Waals surface area contributed by atoms with Gasteiger partial charge in [-0.1, -0.05) is 12.1 Å². The summed E-state index contributed by atoms with van der Waals surface area (Å²) in [7, 11) is 3.46. The number of benzene rings is 1. The third-order valence-electron chi connectivity index (χ3n) is 4.02. The second-order valence-electron chi connectivity index (χ2n) is 6.04. The molecule has 0 N–H and O–H groups in total. The number of likely N-dealkylation sites (N-methyl/N-ethyl adjacent to an activating group) is 2. The van der Waals surface area contributed by atoms with Crippen molar-refractivity contribution in [1.29, 1.82) is 0 Å². The van der Waals surface area contributed by atoms with Crippen LogP contribution in [0.1, 0.15) is 0 Å². The molecule has 0 spiro atoms. The van der Waals surface area contributed by atoms with E-state index in [0.717, 1.165) is 0 Å². The van der Waals surface area contributed by atoms with Gasteiger partial charge in [-0.3, -0.25) is 4.90 Å². The maximum atomic E-state index is 14.1. The van der Waals surface area contributed by atoms with Crippen LogP contribution in [0.2, 0.25) is 0 Å². The molecule has 0 radical (unpaired) electrons. The summed E-state index contributed by atoms with van der Waals surface area (Å²) in [5.41, 5.74) is 0.805. The maximum Gasteiger partial charge on any atom is 0.251 e. The molecule has 0 aliphatic heterocycles. The first-order chi connectivity index (χ1) is 12.5. The van der Waals surface area contributed by atoms with Gasteiger partial charge in [-0.05, 0) is 31.3 Å². The molecule has 26 heavy (non-hydrogen) atoms. The Morgan fingerprint density at radius 2 is 1.81 bits per heavy atom. The van der Waals surface area contributed by atoms with Crippen LogP contribution in [0.5, 0.6) is 0 Å². The summed E-state index contributed by atoms with van der Waals surface area (Å²) in [6.45, 7) is 0.699. The highest BCUT2D eigenvalue weighted by atomic mass is 19.3. The molecule has 0 fully saturated rings. The lowest BCUT2D eigenvalue weighted by Crippen LogP contribution is -2.33. The van der Waals surface area contributed by atoms with Crippen molar-refractivity contribution in [3.05, 3.63) is 42.2 Å². The van der Waals surface area contributed by atoms with E-state index in [1.807, 2.05) is 11.9 Å². The molecule has 0 saturated carbocycles. The van der Waals surface area contributed by atoms with E-state index in [1.165, 1.54) is 10.6 Å². The Morgan fingerprint density at radius 1 is 1.04 bits per heavy atom. The van der Waals surface area contributed by atoms with Crippen LogP contribution in [-0.4, -0.2) is 64.9 Å². The summed E-state index contributed by atoms with van der Waals surface area (Å²) >= 11 is 0. The van der Waals surface area contributed by atoms with Crippen LogP contribution in [0.4, 0.5) is 19.0 Å². The topological polar surface area (TPSA) is 49.6 Å². The quantitative estimate of drug-likeness (QED) is 0.645. The Bertz CT molecular complexity index is 882. The zero-order valence-electron chi connectivity index (χ0n) is 14.5. The standard InChI is InChI=1S/C17H19F3N6/c1-24(11-14(19)20)9-10-25(2)16-8-7-15-21-22-17(26(15)23-16)12-5-3-4-6-13(12)18/h3-8,14H,9-11H2,1-2H3. The normalized spacial score (nSPS) is 11.7. The van der Waals surface area contributed by atoms with Gasteiger partial charge >= 0.3 is 0 Å². The van der Waals surface area contributed by atoms with Gasteiger partial charge in [-0.2, -0.15) is 4.52 Å². The molecule has 2 aromatic heterocycles. The van der Waals surface area contributed by atoms with Crippen LogP contribution in [0.15, 0.2) is 36.4 Å². The molecule has 3 aromatic rings. The molecule has 6 nitrogen and oxygen atoms in total. The number of alkyl halides is 2. The van der Waals surface area contributed by atoms with Crippen molar-refractivity contribution in [2.24, 2.45) is 0 Å². The largest absolute Gasteiger partial charge is 0.357 e. The summed E-state index contributed by atoms with van der Waals surface area (Å²) in [6.07, 6.45) is -2.36. The Labute approximate surface area is 148 Å². The first-order valence-corrected chi connectivity index (χ1v) is 8.11. The van der Waals surface area contributed by atoms with Crippen molar-refractivity contribution >= 4 is 11.5 Å². The first-order valence-electron chi connectivity index (χ1n) is 8.11. The average molecular weight is 364 g/mol. The smallest absolute Gasteiger partial charge is 0.251 e. The van der Waals surface area contributed by atoms with Crippen LogP contribution in [0, 0.1) is 5.82 Å². The van der Waals surface area contributed by atoms with Crippen molar-refractivity contribution in [2.75, 3.05) is 38.6 Å². The Morgan fingerprint density at radius 3 is 2.54 bits per heavy atom.